The second-order valence-corrected chi connectivity index (χ2v) is 7.52. The minimum Gasteiger partial charge on any atom is -0.381 e. The Labute approximate surface area is 163 Å². The first-order chi connectivity index (χ1) is 13.8. The summed E-state index contributed by atoms with van der Waals surface area (Å²) >= 11 is 0. The number of amides is 1. The molecule has 3 aromatic rings. The lowest BCUT2D eigenvalue weighted by molar-refractivity contribution is -0.115. The number of ether oxygens (including phenoxy) is 1. The maximum atomic E-state index is 12.1. The number of carbonyl (C=O) groups excluding carboxylic acids is 1. The summed E-state index contributed by atoms with van der Waals surface area (Å²) in [6, 6.07) is 8.26. The van der Waals surface area contributed by atoms with Crippen LogP contribution in [0.5, 0.6) is 0 Å². The third kappa shape index (κ3) is 3.33. The fourth-order valence-electron chi connectivity index (χ4n) is 4.01. The van der Waals surface area contributed by atoms with Crippen LogP contribution in [0.2, 0.25) is 0 Å². The minimum atomic E-state index is -0.0330. The number of fused-ring (bicyclic) bond motifs is 2. The van der Waals surface area contributed by atoms with E-state index in [1.165, 1.54) is 5.39 Å². The molecule has 0 spiro atoms. The highest BCUT2D eigenvalue weighted by Gasteiger charge is 2.26. The van der Waals surface area contributed by atoms with Crippen molar-refractivity contribution in [1.82, 2.24) is 15.0 Å². The van der Waals surface area contributed by atoms with Gasteiger partial charge in [-0.25, -0.2) is 9.97 Å². The Balaban J connectivity index is 1.42. The molecule has 1 aromatic carbocycles. The van der Waals surface area contributed by atoms with Gasteiger partial charge >= 0.3 is 0 Å². The highest BCUT2D eigenvalue weighted by atomic mass is 16.5. The summed E-state index contributed by atoms with van der Waals surface area (Å²) in [5.74, 6) is 1.92. The molecule has 0 atom stereocenters. The number of rotatable bonds is 4. The van der Waals surface area contributed by atoms with Crippen molar-refractivity contribution in [1.29, 1.82) is 0 Å². The van der Waals surface area contributed by atoms with Gasteiger partial charge in [-0.15, -0.1) is 0 Å². The predicted molar refractivity (Wildman–Crippen MR) is 108 cm³/mol. The molecule has 144 valence electrons. The largest absolute Gasteiger partial charge is 0.381 e. The number of hydrogen-bond donors (Lipinski definition) is 2. The van der Waals surface area contributed by atoms with Crippen molar-refractivity contribution in [2.45, 2.75) is 19.3 Å². The average Bonchev–Trinajstić information content (AvgIpc) is 3.20. The van der Waals surface area contributed by atoms with Gasteiger partial charge in [0.05, 0.1) is 18.4 Å². The standard InChI is InChI=1S/C21H23N5O2/c27-19-13-26(8-4-14-5-9-28-10-6-14)21-20(25-19)23-12-18(24-21)16-2-1-15-3-7-22-17(15)11-16/h1-3,7,11-12,14,22H,4-6,8-10,13H2,(H,23,25,27). The first-order valence-electron chi connectivity index (χ1n) is 9.83. The molecule has 2 aliphatic rings. The fourth-order valence-corrected chi connectivity index (χ4v) is 4.01. The number of benzene rings is 1. The summed E-state index contributed by atoms with van der Waals surface area (Å²) in [4.78, 5) is 26.8. The van der Waals surface area contributed by atoms with Gasteiger partial charge in [-0.1, -0.05) is 12.1 Å². The zero-order chi connectivity index (χ0) is 18.9. The molecule has 1 saturated heterocycles. The van der Waals surface area contributed by atoms with Crippen LogP contribution in [0.25, 0.3) is 22.2 Å². The molecule has 2 N–H and O–H groups in total. The lowest BCUT2D eigenvalue weighted by Gasteiger charge is -2.31. The van der Waals surface area contributed by atoms with Crippen molar-refractivity contribution in [3.63, 3.8) is 0 Å². The third-order valence-corrected chi connectivity index (χ3v) is 5.64. The molecule has 0 saturated carbocycles. The van der Waals surface area contributed by atoms with E-state index in [1.807, 2.05) is 12.3 Å². The van der Waals surface area contributed by atoms with E-state index in [-0.39, 0.29) is 5.91 Å². The van der Waals surface area contributed by atoms with Crippen LogP contribution >= 0.6 is 0 Å². The van der Waals surface area contributed by atoms with E-state index < -0.39 is 0 Å². The Kier molecular flexibility index (Phi) is 4.44. The summed E-state index contributed by atoms with van der Waals surface area (Å²) in [7, 11) is 0. The molecule has 0 radical (unpaired) electrons. The van der Waals surface area contributed by atoms with Crippen LogP contribution < -0.4 is 10.2 Å². The fraction of sp³-hybridized carbons (Fsp3) is 0.381. The lowest BCUT2D eigenvalue weighted by atomic mass is 9.96. The van der Waals surface area contributed by atoms with Gasteiger partial charge in [-0.05, 0) is 42.7 Å². The summed E-state index contributed by atoms with van der Waals surface area (Å²) in [5.41, 5.74) is 2.88. The van der Waals surface area contributed by atoms with E-state index >= 15 is 0 Å². The Hall–Kier alpha value is -2.93. The molecule has 2 aliphatic heterocycles. The monoisotopic (exact) mass is 377 g/mol. The number of aromatic nitrogens is 3. The van der Waals surface area contributed by atoms with Crippen LogP contribution in [-0.4, -0.2) is 47.2 Å². The Bertz CT molecular complexity index is 1010. The molecule has 1 amide bonds. The second kappa shape index (κ2) is 7.24. The van der Waals surface area contributed by atoms with Gasteiger partial charge < -0.3 is 19.9 Å². The Morgan fingerprint density at radius 3 is 3.00 bits per heavy atom. The highest BCUT2D eigenvalue weighted by Crippen LogP contribution is 2.30. The van der Waals surface area contributed by atoms with E-state index in [4.69, 9.17) is 9.72 Å². The maximum Gasteiger partial charge on any atom is 0.245 e. The SMILES string of the molecule is O=C1CN(CCC2CCOCC2)c2nc(-c3ccc4cc[nH]c4c3)cnc2N1. The summed E-state index contributed by atoms with van der Waals surface area (Å²) in [5, 5.41) is 4.02. The quantitative estimate of drug-likeness (QED) is 0.730. The van der Waals surface area contributed by atoms with Crippen LogP contribution in [-0.2, 0) is 9.53 Å². The van der Waals surface area contributed by atoms with Crippen molar-refractivity contribution in [2.24, 2.45) is 5.92 Å². The summed E-state index contributed by atoms with van der Waals surface area (Å²) in [6.07, 6.45) is 6.88. The van der Waals surface area contributed by atoms with E-state index in [2.05, 4.69) is 38.4 Å². The summed E-state index contributed by atoms with van der Waals surface area (Å²) < 4.78 is 5.45. The molecule has 0 unspecified atom stereocenters. The van der Waals surface area contributed by atoms with Crippen molar-refractivity contribution in [3.05, 3.63) is 36.7 Å². The molecule has 0 bridgehead atoms. The van der Waals surface area contributed by atoms with Gasteiger partial charge in [0.1, 0.15) is 0 Å². The zero-order valence-corrected chi connectivity index (χ0v) is 15.6. The molecule has 28 heavy (non-hydrogen) atoms. The van der Waals surface area contributed by atoms with Gasteiger partial charge in [0.2, 0.25) is 5.91 Å². The molecule has 2 aromatic heterocycles. The normalized spacial score (nSPS) is 17.6. The number of anilines is 2. The number of hydrogen-bond acceptors (Lipinski definition) is 5. The number of H-pyrrole nitrogens is 1. The molecule has 4 heterocycles. The third-order valence-electron chi connectivity index (χ3n) is 5.64. The molecule has 7 heteroatoms. The van der Waals surface area contributed by atoms with Crippen LogP contribution in [0, 0.1) is 5.92 Å². The van der Waals surface area contributed by atoms with E-state index in [0.717, 1.165) is 61.6 Å². The number of aromatic amines is 1. The molecule has 0 aliphatic carbocycles. The van der Waals surface area contributed by atoms with E-state index in [9.17, 15) is 4.79 Å². The van der Waals surface area contributed by atoms with Crippen molar-refractivity contribution in [3.8, 4) is 11.3 Å². The first kappa shape index (κ1) is 17.2. The van der Waals surface area contributed by atoms with Gasteiger partial charge in [-0.3, -0.25) is 4.79 Å². The molecule has 5 rings (SSSR count). The second-order valence-electron chi connectivity index (χ2n) is 7.52. The number of carbonyl (C=O) groups is 1. The van der Waals surface area contributed by atoms with Gasteiger partial charge in [0.25, 0.3) is 0 Å². The van der Waals surface area contributed by atoms with Gasteiger partial charge in [0, 0.05) is 37.0 Å². The van der Waals surface area contributed by atoms with Crippen LogP contribution in [0.15, 0.2) is 36.7 Å². The van der Waals surface area contributed by atoms with Crippen molar-refractivity contribution >= 4 is 28.4 Å². The van der Waals surface area contributed by atoms with Crippen LogP contribution in [0.1, 0.15) is 19.3 Å². The average molecular weight is 377 g/mol. The maximum absolute atomic E-state index is 12.1. The first-order valence-corrected chi connectivity index (χ1v) is 9.83. The molecule has 1 fully saturated rings. The number of nitrogens with one attached hydrogen (secondary N) is 2. The van der Waals surface area contributed by atoms with E-state index in [0.29, 0.717) is 18.3 Å². The van der Waals surface area contributed by atoms with Crippen molar-refractivity contribution < 1.29 is 9.53 Å². The van der Waals surface area contributed by atoms with E-state index in [1.54, 1.807) is 6.20 Å². The van der Waals surface area contributed by atoms with Gasteiger partial charge in [0.15, 0.2) is 11.6 Å². The molecular weight excluding hydrogens is 354 g/mol. The smallest absolute Gasteiger partial charge is 0.245 e. The van der Waals surface area contributed by atoms with Crippen molar-refractivity contribution in [2.75, 3.05) is 36.5 Å². The molecule has 7 nitrogen and oxygen atoms in total. The lowest BCUT2D eigenvalue weighted by Crippen LogP contribution is -2.40. The Morgan fingerprint density at radius 2 is 2.11 bits per heavy atom. The summed E-state index contributed by atoms with van der Waals surface area (Å²) in [6.45, 7) is 2.81. The zero-order valence-electron chi connectivity index (χ0n) is 15.6. The number of nitrogens with zero attached hydrogens (tertiary/aromatic N) is 3. The highest BCUT2D eigenvalue weighted by molar-refractivity contribution is 5.99. The topological polar surface area (TPSA) is 83.1 Å². The minimum absolute atomic E-state index is 0.0330. The molecular formula is C21H23N5O2. The van der Waals surface area contributed by atoms with Crippen LogP contribution in [0.4, 0.5) is 11.6 Å². The van der Waals surface area contributed by atoms with Gasteiger partial charge in [-0.2, -0.15) is 0 Å². The van der Waals surface area contributed by atoms with Crippen LogP contribution in [0.3, 0.4) is 0 Å². The predicted octanol–water partition coefficient (Wildman–Crippen LogP) is 3.20. The Morgan fingerprint density at radius 1 is 1.21 bits per heavy atom.